The maximum atomic E-state index is 13.0. The van der Waals surface area contributed by atoms with Crippen molar-refractivity contribution in [2.24, 2.45) is 0 Å². The number of methoxy groups -OCH3 is 1. The van der Waals surface area contributed by atoms with Gasteiger partial charge in [-0.25, -0.2) is 13.4 Å². The minimum absolute atomic E-state index is 0.149. The zero-order valence-electron chi connectivity index (χ0n) is 17.9. The van der Waals surface area contributed by atoms with Gasteiger partial charge in [-0.15, -0.1) is 0 Å². The summed E-state index contributed by atoms with van der Waals surface area (Å²) in [6.45, 7) is 2.49. The van der Waals surface area contributed by atoms with Crippen molar-refractivity contribution < 1.29 is 17.9 Å². The van der Waals surface area contributed by atoms with Gasteiger partial charge < -0.3 is 15.0 Å². The average Bonchev–Trinajstić information content (AvgIpc) is 3.16. The van der Waals surface area contributed by atoms with Crippen LogP contribution in [0.1, 0.15) is 40.6 Å². The number of hydrogen-bond acceptors (Lipinski definition) is 5. The number of aromatic amines is 1. The molecular formula is C22H25ClN4O4S. The highest BCUT2D eigenvalue weighted by Gasteiger charge is 2.27. The molecule has 0 spiro atoms. The summed E-state index contributed by atoms with van der Waals surface area (Å²) in [5, 5.41) is 3.54. The van der Waals surface area contributed by atoms with Crippen molar-refractivity contribution in [3.05, 3.63) is 58.4 Å². The van der Waals surface area contributed by atoms with Crippen molar-refractivity contribution in [2.75, 3.05) is 30.3 Å². The molecule has 170 valence electrons. The quantitative estimate of drug-likeness (QED) is 0.566. The number of anilines is 1. The van der Waals surface area contributed by atoms with E-state index in [-0.39, 0.29) is 18.3 Å². The maximum absolute atomic E-state index is 13.0. The lowest BCUT2D eigenvalue weighted by Gasteiger charge is -2.29. The monoisotopic (exact) mass is 476 g/mol. The number of fused-ring (bicyclic) bond motifs is 1. The molecule has 2 N–H and O–H groups in total. The zero-order chi connectivity index (χ0) is 22.9. The second-order valence-corrected chi connectivity index (χ2v) is 10.3. The van der Waals surface area contributed by atoms with Crippen molar-refractivity contribution in [2.45, 2.75) is 25.8 Å². The van der Waals surface area contributed by atoms with E-state index in [1.54, 1.807) is 43.5 Å². The Bertz CT molecular complexity index is 1260. The second kappa shape index (κ2) is 9.09. The number of aryl methyl sites for hydroxylation is 1. The molecule has 1 aromatic heterocycles. The van der Waals surface area contributed by atoms with Crippen LogP contribution in [0.2, 0.25) is 5.02 Å². The van der Waals surface area contributed by atoms with E-state index in [1.807, 2.05) is 6.92 Å². The molecule has 32 heavy (non-hydrogen) atoms. The lowest BCUT2D eigenvalue weighted by Crippen LogP contribution is -2.38. The van der Waals surface area contributed by atoms with E-state index in [0.29, 0.717) is 35.1 Å². The van der Waals surface area contributed by atoms with Crippen LogP contribution >= 0.6 is 11.6 Å². The van der Waals surface area contributed by atoms with Gasteiger partial charge in [-0.1, -0.05) is 11.6 Å². The minimum atomic E-state index is -3.32. The van der Waals surface area contributed by atoms with E-state index in [2.05, 4.69) is 15.3 Å². The lowest BCUT2D eigenvalue weighted by atomic mass is 10.1. The summed E-state index contributed by atoms with van der Waals surface area (Å²) in [5.41, 5.74) is 3.28. The third kappa shape index (κ3) is 4.60. The lowest BCUT2D eigenvalue weighted by molar-refractivity contribution is 0.0892. The summed E-state index contributed by atoms with van der Waals surface area (Å²) >= 11 is 6.05. The number of hydrogen-bond donors (Lipinski definition) is 2. The summed E-state index contributed by atoms with van der Waals surface area (Å²) < 4.78 is 31.6. The first-order chi connectivity index (χ1) is 15.3. The van der Waals surface area contributed by atoms with Gasteiger partial charge in [0.1, 0.15) is 11.9 Å². The van der Waals surface area contributed by atoms with Gasteiger partial charge >= 0.3 is 0 Å². The largest absolute Gasteiger partial charge is 0.382 e. The minimum Gasteiger partial charge on any atom is -0.382 e. The molecule has 1 fully saturated rings. The fourth-order valence-corrected chi connectivity index (χ4v) is 5.77. The number of rotatable bonds is 6. The van der Waals surface area contributed by atoms with Crippen molar-refractivity contribution in [3.63, 3.8) is 0 Å². The van der Waals surface area contributed by atoms with Crippen LogP contribution in [0.15, 0.2) is 36.4 Å². The summed E-state index contributed by atoms with van der Waals surface area (Å²) in [7, 11) is -1.76. The number of carbonyl (C=O) groups is 1. The smallest absolute Gasteiger partial charge is 0.251 e. The Morgan fingerprint density at radius 3 is 2.81 bits per heavy atom. The molecule has 1 aliphatic rings. The normalized spacial score (nSPS) is 16.8. The number of imidazole rings is 1. The third-order valence-corrected chi connectivity index (χ3v) is 7.60. The van der Waals surface area contributed by atoms with E-state index in [9.17, 15) is 13.2 Å². The molecule has 0 saturated carbocycles. The number of sulfonamides is 1. The average molecular weight is 477 g/mol. The first-order valence-electron chi connectivity index (χ1n) is 10.3. The van der Waals surface area contributed by atoms with Crippen LogP contribution < -0.4 is 9.62 Å². The van der Waals surface area contributed by atoms with Crippen molar-refractivity contribution >= 4 is 44.3 Å². The molecule has 2 aromatic carbocycles. The number of benzene rings is 2. The standard InChI is InChI=1S/C22H25ClN4O4S/c1-14-11-15(5-8-20(14)27-9-3-4-10-32(27,29)30)22(28)26-19(13-31-2)21-24-17-7-6-16(23)12-18(17)25-21/h5-8,11-12,19H,3-4,9-10,13H2,1-2H3,(H,24,25)(H,26,28). The fourth-order valence-electron chi connectivity index (χ4n) is 3.90. The maximum Gasteiger partial charge on any atom is 0.251 e. The Kier molecular flexibility index (Phi) is 6.41. The molecule has 1 unspecified atom stereocenters. The Labute approximate surface area is 192 Å². The first-order valence-corrected chi connectivity index (χ1v) is 12.3. The Morgan fingerprint density at radius 2 is 2.09 bits per heavy atom. The molecule has 1 amide bonds. The molecule has 4 rings (SSSR count). The number of nitrogens with one attached hydrogen (secondary N) is 2. The van der Waals surface area contributed by atoms with Crippen LogP contribution in [0.4, 0.5) is 5.69 Å². The summed E-state index contributed by atoms with van der Waals surface area (Å²) in [6.07, 6.45) is 1.50. The van der Waals surface area contributed by atoms with E-state index < -0.39 is 16.1 Å². The van der Waals surface area contributed by atoms with Gasteiger partial charge in [-0.2, -0.15) is 0 Å². The molecular weight excluding hydrogens is 452 g/mol. The van der Waals surface area contributed by atoms with Crippen LogP contribution in [-0.4, -0.2) is 50.3 Å². The summed E-state index contributed by atoms with van der Waals surface area (Å²) in [5.74, 6) is 0.405. The van der Waals surface area contributed by atoms with E-state index >= 15 is 0 Å². The molecule has 10 heteroatoms. The van der Waals surface area contributed by atoms with Crippen molar-refractivity contribution in [1.82, 2.24) is 15.3 Å². The molecule has 0 radical (unpaired) electrons. The van der Waals surface area contributed by atoms with Gasteiger partial charge in [0, 0.05) is 24.2 Å². The van der Waals surface area contributed by atoms with E-state index in [1.165, 1.54) is 4.31 Å². The van der Waals surface area contributed by atoms with Gasteiger partial charge in [-0.3, -0.25) is 9.10 Å². The SMILES string of the molecule is COCC(NC(=O)c1ccc(N2CCCCS2(=O)=O)c(C)c1)c1nc2ccc(Cl)cc2[nH]1. The Hall–Kier alpha value is -2.62. The molecule has 3 aromatic rings. The molecule has 8 nitrogen and oxygen atoms in total. The highest BCUT2D eigenvalue weighted by Crippen LogP contribution is 2.28. The van der Waals surface area contributed by atoms with Gasteiger partial charge in [0.05, 0.1) is 29.1 Å². The van der Waals surface area contributed by atoms with Gasteiger partial charge in [-0.05, 0) is 61.7 Å². The molecule has 0 aliphatic carbocycles. The van der Waals surface area contributed by atoms with Crippen LogP contribution in [0.3, 0.4) is 0 Å². The van der Waals surface area contributed by atoms with Gasteiger partial charge in [0.15, 0.2) is 0 Å². The third-order valence-electron chi connectivity index (χ3n) is 5.51. The molecule has 1 aliphatic heterocycles. The first kappa shape index (κ1) is 22.6. The van der Waals surface area contributed by atoms with E-state index in [4.69, 9.17) is 16.3 Å². The number of aromatic nitrogens is 2. The van der Waals surface area contributed by atoms with Crippen LogP contribution in [0.25, 0.3) is 11.0 Å². The summed E-state index contributed by atoms with van der Waals surface area (Å²) in [6, 6.07) is 9.88. The van der Waals surface area contributed by atoms with Crippen LogP contribution in [-0.2, 0) is 14.8 Å². The Morgan fingerprint density at radius 1 is 1.28 bits per heavy atom. The van der Waals surface area contributed by atoms with Crippen molar-refractivity contribution in [3.8, 4) is 0 Å². The second-order valence-electron chi connectivity index (χ2n) is 7.86. The molecule has 1 saturated heterocycles. The zero-order valence-corrected chi connectivity index (χ0v) is 19.5. The molecule has 2 heterocycles. The number of nitrogens with zero attached hydrogens (tertiary/aromatic N) is 2. The number of ether oxygens (including phenoxy) is 1. The van der Waals surface area contributed by atoms with Crippen LogP contribution in [0.5, 0.6) is 0 Å². The Balaban J connectivity index is 1.56. The molecule has 0 bridgehead atoms. The van der Waals surface area contributed by atoms with Gasteiger partial charge in [0.2, 0.25) is 10.0 Å². The fraction of sp³-hybridized carbons (Fsp3) is 0.364. The van der Waals surface area contributed by atoms with Crippen LogP contribution in [0, 0.1) is 6.92 Å². The highest BCUT2D eigenvalue weighted by atomic mass is 35.5. The van der Waals surface area contributed by atoms with Crippen molar-refractivity contribution in [1.29, 1.82) is 0 Å². The molecule has 1 atom stereocenters. The highest BCUT2D eigenvalue weighted by molar-refractivity contribution is 7.92. The number of amides is 1. The van der Waals surface area contributed by atoms with Gasteiger partial charge in [0.25, 0.3) is 5.91 Å². The predicted octanol–water partition coefficient (Wildman–Crippen LogP) is 3.57. The predicted molar refractivity (Wildman–Crippen MR) is 125 cm³/mol. The number of H-pyrrole nitrogens is 1. The summed E-state index contributed by atoms with van der Waals surface area (Å²) in [4.78, 5) is 20.7. The number of carbonyl (C=O) groups excluding carboxylic acids is 1. The van der Waals surface area contributed by atoms with E-state index in [0.717, 1.165) is 23.0 Å². The number of halogens is 1. The topological polar surface area (TPSA) is 104 Å².